The van der Waals surface area contributed by atoms with Gasteiger partial charge in [-0.25, -0.2) is 0 Å². The minimum atomic E-state index is -0.728. The van der Waals surface area contributed by atoms with E-state index in [1.54, 1.807) is 12.4 Å². The number of nitrogens with zero attached hydrogens (tertiary/aromatic N) is 1. The van der Waals surface area contributed by atoms with Crippen LogP contribution in [0.1, 0.15) is 12.0 Å². The molecule has 0 bridgehead atoms. The molecule has 15 heavy (non-hydrogen) atoms. The second-order valence-electron chi connectivity index (χ2n) is 3.91. The predicted molar refractivity (Wildman–Crippen MR) is 60.4 cm³/mol. The van der Waals surface area contributed by atoms with E-state index < -0.39 is 5.60 Å². The fourth-order valence-corrected chi connectivity index (χ4v) is 2.32. The molecular formula is C10H12Cl2N2O. The summed E-state index contributed by atoms with van der Waals surface area (Å²) in [6.07, 6.45) is 4.30. The summed E-state index contributed by atoms with van der Waals surface area (Å²) in [5.41, 5.74) is 0.0498. The number of rotatable bonds is 2. The van der Waals surface area contributed by atoms with E-state index >= 15 is 0 Å². The summed E-state index contributed by atoms with van der Waals surface area (Å²) in [7, 11) is 0. The highest BCUT2D eigenvalue weighted by Gasteiger charge is 2.32. The van der Waals surface area contributed by atoms with Crippen LogP contribution >= 0.6 is 23.2 Å². The third-order valence-corrected chi connectivity index (χ3v) is 3.33. The van der Waals surface area contributed by atoms with Crippen LogP contribution in [0.2, 0.25) is 10.0 Å². The summed E-state index contributed by atoms with van der Waals surface area (Å²) in [6.45, 7) is 1.42. The van der Waals surface area contributed by atoms with Gasteiger partial charge in [0.15, 0.2) is 0 Å². The average Bonchev–Trinajstić information content (AvgIpc) is 2.60. The van der Waals surface area contributed by atoms with E-state index in [4.69, 9.17) is 23.2 Å². The van der Waals surface area contributed by atoms with Crippen molar-refractivity contribution in [3.8, 4) is 0 Å². The zero-order valence-electron chi connectivity index (χ0n) is 8.13. The smallest absolute Gasteiger partial charge is 0.0824 e. The number of aromatic nitrogens is 1. The van der Waals surface area contributed by atoms with Crippen molar-refractivity contribution < 1.29 is 5.11 Å². The van der Waals surface area contributed by atoms with Crippen molar-refractivity contribution in [3.05, 3.63) is 28.0 Å². The van der Waals surface area contributed by atoms with Crippen LogP contribution in [-0.2, 0) is 6.42 Å². The Morgan fingerprint density at radius 1 is 1.40 bits per heavy atom. The summed E-state index contributed by atoms with van der Waals surface area (Å²) in [5, 5.41) is 14.3. The second-order valence-corrected chi connectivity index (χ2v) is 4.72. The molecule has 2 rings (SSSR count). The Morgan fingerprint density at radius 2 is 2.07 bits per heavy atom. The Labute approximate surface area is 98.4 Å². The molecule has 0 saturated carbocycles. The van der Waals surface area contributed by atoms with Gasteiger partial charge in [0.2, 0.25) is 0 Å². The molecule has 1 aliphatic rings. The number of aliphatic hydroxyl groups is 1. The van der Waals surface area contributed by atoms with Gasteiger partial charge in [0.1, 0.15) is 0 Å². The second kappa shape index (κ2) is 4.26. The summed E-state index contributed by atoms with van der Waals surface area (Å²) in [5.74, 6) is 0. The number of pyridine rings is 1. The first-order chi connectivity index (χ1) is 7.11. The molecule has 1 saturated heterocycles. The molecule has 2 heterocycles. The lowest BCUT2D eigenvalue weighted by Gasteiger charge is -2.22. The highest BCUT2D eigenvalue weighted by Crippen LogP contribution is 2.29. The van der Waals surface area contributed by atoms with Crippen molar-refractivity contribution in [1.82, 2.24) is 10.3 Å². The standard InChI is InChI=1S/C10H12Cl2N2O/c11-8-4-14-5-9(12)7(8)3-10(15)1-2-13-6-10/h4-5,13,15H,1-3,6H2. The van der Waals surface area contributed by atoms with Crippen molar-refractivity contribution in [2.75, 3.05) is 13.1 Å². The summed E-state index contributed by atoms with van der Waals surface area (Å²) in [4.78, 5) is 3.88. The number of halogens is 2. The van der Waals surface area contributed by atoms with Crippen LogP contribution in [0.3, 0.4) is 0 Å². The molecule has 0 spiro atoms. The lowest BCUT2D eigenvalue weighted by Crippen LogP contribution is -2.34. The fourth-order valence-electron chi connectivity index (χ4n) is 1.82. The average molecular weight is 247 g/mol. The number of hydrogen-bond donors (Lipinski definition) is 2. The van der Waals surface area contributed by atoms with Crippen LogP contribution < -0.4 is 5.32 Å². The lowest BCUT2D eigenvalue weighted by atomic mass is 9.94. The third kappa shape index (κ3) is 2.42. The molecule has 2 N–H and O–H groups in total. The molecule has 1 aromatic heterocycles. The van der Waals surface area contributed by atoms with Gasteiger partial charge in [0.25, 0.3) is 0 Å². The Kier molecular flexibility index (Phi) is 3.16. The number of β-amino-alcohol motifs (C(OH)–C–C–N with tert-alkyl or cyclic N) is 1. The van der Waals surface area contributed by atoms with Crippen molar-refractivity contribution in [2.24, 2.45) is 0 Å². The number of nitrogens with one attached hydrogen (secondary N) is 1. The maximum atomic E-state index is 10.2. The maximum absolute atomic E-state index is 10.2. The van der Waals surface area contributed by atoms with Gasteiger partial charge in [-0.1, -0.05) is 23.2 Å². The normalized spacial score (nSPS) is 25.8. The van der Waals surface area contributed by atoms with Gasteiger partial charge in [-0.15, -0.1) is 0 Å². The molecule has 0 amide bonds. The maximum Gasteiger partial charge on any atom is 0.0824 e. The predicted octanol–water partition coefficient (Wildman–Crippen LogP) is 1.66. The van der Waals surface area contributed by atoms with Gasteiger partial charge >= 0.3 is 0 Å². The zero-order valence-corrected chi connectivity index (χ0v) is 9.65. The lowest BCUT2D eigenvalue weighted by molar-refractivity contribution is 0.0619. The van der Waals surface area contributed by atoms with Crippen LogP contribution in [-0.4, -0.2) is 28.8 Å². The van der Waals surface area contributed by atoms with E-state index in [9.17, 15) is 5.11 Å². The Hall–Kier alpha value is -0.350. The molecular weight excluding hydrogens is 235 g/mol. The Balaban J connectivity index is 2.23. The molecule has 1 aliphatic heterocycles. The van der Waals surface area contributed by atoms with Gasteiger partial charge in [-0.2, -0.15) is 0 Å². The van der Waals surface area contributed by atoms with Gasteiger partial charge in [0.05, 0.1) is 15.6 Å². The molecule has 1 atom stereocenters. The van der Waals surface area contributed by atoms with E-state index in [0.717, 1.165) is 18.5 Å². The topological polar surface area (TPSA) is 45.2 Å². The molecule has 1 aromatic rings. The van der Waals surface area contributed by atoms with Crippen LogP contribution in [0.5, 0.6) is 0 Å². The highest BCUT2D eigenvalue weighted by atomic mass is 35.5. The summed E-state index contributed by atoms with van der Waals surface area (Å²) in [6, 6.07) is 0. The van der Waals surface area contributed by atoms with Crippen molar-refractivity contribution >= 4 is 23.2 Å². The molecule has 0 aliphatic carbocycles. The largest absolute Gasteiger partial charge is 0.388 e. The van der Waals surface area contributed by atoms with Gasteiger partial charge in [-0.05, 0) is 18.5 Å². The Bertz CT molecular complexity index is 344. The van der Waals surface area contributed by atoms with Crippen LogP contribution in [0.15, 0.2) is 12.4 Å². The van der Waals surface area contributed by atoms with Crippen LogP contribution in [0.4, 0.5) is 0 Å². The molecule has 3 nitrogen and oxygen atoms in total. The van der Waals surface area contributed by atoms with Gasteiger partial charge < -0.3 is 10.4 Å². The summed E-state index contributed by atoms with van der Waals surface area (Å²) < 4.78 is 0. The SMILES string of the molecule is OC1(Cc2c(Cl)cncc2Cl)CCNC1. The van der Waals surface area contributed by atoms with E-state index in [1.165, 1.54) is 0 Å². The Morgan fingerprint density at radius 3 is 2.60 bits per heavy atom. The zero-order chi connectivity index (χ0) is 10.9. The molecule has 0 aromatic carbocycles. The van der Waals surface area contributed by atoms with Crippen LogP contribution in [0.25, 0.3) is 0 Å². The molecule has 5 heteroatoms. The first-order valence-corrected chi connectivity index (χ1v) is 5.57. The van der Waals surface area contributed by atoms with Crippen molar-refractivity contribution in [3.63, 3.8) is 0 Å². The first kappa shape index (κ1) is 11.1. The summed E-state index contributed by atoms with van der Waals surface area (Å²) >= 11 is 12.0. The van der Waals surface area contributed by atoms with E-state index in [-0.39, 0.29) is 0 Å². The third-order valence-electron chi connectivity index (χ3n) is 2.68. The molecule has 1 fully saturated rings. The quantitative estimate of drug-likeness (QED) is 0.835. The molecule has 1 unspecified atom stereocenters. The highest BCUT2D eigenvalue weighted by molar-refractivity contribution is 6.35. The molecule has 82 valence electrons. The first-order valence-electron chi connectivity index (χ1n) is 4.82. The van der Waals surface area contributed by atoms with E-state index in [1.807, 2.05) is 0 Å². The number of hydrogen-bond acceptors (Lipinski definition) is 3. The minimum absolute atomic E-state index is 0.472. The van der Waals surface area contributed by atoms with Crippen LogP contribution in [0, 0.1) is 0 Å². The minimum Gasteiger partial charge on any atom is -0.388 e. The van der Waals surface area contributed by atoms with E-state index in [2.05, 4.69) is 10.3 Å². The van der Waals surface area contributed by atoms with Gasteiger partial charge in [0, 0.05) is 25.4 Å². The monoisotopic (exact) mass is 246 g/mol. The van der Waals surface area contributed by atoms with Crippen molar-refractivity contribution in [1.29, 1.82) is 0 Å². The van der Waals surface area contributed by atoms with Crippen molar-refractivity contribution in [2.45, 2.75) is 18.4 Å². The molecule has 0 radical (unpaired) electrons. The van der Waals surface area contributed by atoms with Gasteiger partial charge in [-0.3, -0.25) is 4.98 Å². The fraction of sp³-hybridized carbons (Fsp3) is 0.500. The van der Waals surface area contributed by atoms with E-state index in [0.29, 0.717) is 23.0 Å².